The highest BCUT2D eigenvalue weighted by Gasteiger charge is 2.79. The molecule has 2 aliphatic carbocycles. The summed E-state index contributed by atoms with van der Waals surface area (Å²) in [5.74, 6) is -11.0. The van der Waals surface area contributed by atoms with Gasteiger partial charge in [0.25, 0.3) is 0 Å². The van der Waals surface area contributed by atoms with E-state index >= 15 is 0 Å². The minimum atomic E-state index is -5.05. The molecule has 2 unspecified atom stereocenters. The van der Waals surface area contributed by atoms with Crippen LogP contribution in [0.3, 0.4) is 0 Å². The molecule has 1 N–H and O–H groups in total. The van der Waals surface area contributed by atoms with Gasteiger partial charge >= 0.3 is 11.8 Å². The van der Waals surface area contributed by atoms with Crippen LogP contribution in [0.15, 0.2) is 30.3 Å². The zero-order valence-corrected chi connectivity index (χ0v) is 13.9. The van der Waals surface area contributed by atoms with Crippen molar-refractivity contribution < 1.29 is 36.2 Å². The Bertz CT molecular complexity index is 1030. The number of alkyl halides is 5. The molecule has 0 aromatic heterocycles. The van der Waals surface area contributed by atoms with Crippen molar-refractivity contribution in [2.24, 2.45) is 0 Å². The molecule has 0 amide bonds. The fourth-order valence-corrected chi connectivity index (χ4v) is 3.87. The maximum atomic E-state index is 14.4. The fourth-order valence-electron chi connectivity index (χ4n) is 3.87. The van der Waals surface area contributed by atoms with E-state index in [1.165, 1.54) is 6.07 Å². The molecule has 0 aliphatic heterocycles. The first-order valence-electron chi connectivity index (χ1n) is 8.19. The van der Waals surface area contributed by atoms with Crippen molar-refractivity contribution in [2.75, 3.05) is 0 Å². The van der Waals surface area contributed by atoms with Crippen molar-refractivity contribution in [1.29, 1.82) is 0 Å². The van der Waals surface area contributed by atoms with Crippen molar-refractivity contribution >= 4 is 5.69 Å². The van der Waals surface area contributed by atoms with Gasteiger partial charge in [0.05, 0.1) is 6.57 Å². The van der Waals surface area contributed by atoms with Crippen LogP contribution in [0.5, 0.6) is 11.5 Å². The molecule has 0 spiro atoms. The Balaban J connectivity index is 1.90. The molecule has 2 atom stereocenters. The van der Waals surface area contributed by atoms with E-state index in [9.17, 15) is 31.4 Å². The Morgan fingerprint density at radius 1 is 1.14 bits per heavy atom. The van der Waals surface area contributed by atoms with E-state index in [-0.39, 0.29) is 29.2 Å². The van der Waals surface area contributed by atoms with E-state index in [4.69, 9.17) is 11.3 Å². The van der Waals surface area contributed by atoms with Gasteiger partial charge in [-0.2, -0.15) is 17.6 Å². The maximum absolute atomic E-state index is 14.4. The largest absolute Gasteiger partial charge is 0.458 e. The van der Waals surface area contributed by atoms with Crippen molar-refractivity contribution in [2.45, 2.75) is 36.5 Å². The van der Waals surface area contributed by atoms with Crippen molar-refractivity contribution in [1.82, 2.24) is 0 Å². The van der Waals surface area contributed by atoms with Gasteiger partial charge in [0.15, 0.2) is 11.3 Å². The zero-order chi connectivity index (χ0) is 20.5. The first-order valence-corrected chi connectivity index (χ1v) is 8.19. The average Bonchev–Trinajstić information content (AvgIpc) is 2.75. The van der Waals surface area contributed by atoms with Crippen molar-refractivity contribution in [3.8, 4) is 11.5 Å². The molecule has 0 heterocycles. The van der Waals surface area contributed by atoms with Gasteiger partial charge in [-0.15, -0.1) is 0 Å². The van der Waals surface area contributed by atoms with E-state index in [1.807, 2.05) is 0 Å². The average molecular weight is 399 g/mol. The van der Waals surface area contributed by atoms with Crippen LogP contribution in [0.1, 0.15) is 23.1 Å². The van der Waals surface area contributed by atoms with Crippen LogP contribution in [-0.4, -0.2) is 17.2 Å². The van der Waals surface area contributed by atoms with Crippen molar-refractivity contribution in [3.05, 3.63) is 64.3 Å². The number of nitrogens with zero attached hydrogens (tertiary/aromatic N) is 1. The molecule has 0 saturated heterocycles. The Hall–Kier alpha value is -2.73. The predicted octanol–water partition coefficient (Wildman–Crippen LogP) is 5.38. The first-order chi connectivity index (χ1) is 13.0. The van der Waals surface area contributed by atoms with Gasteiger partial charge < -0.3 is 9.84 Å². The normalized spacial score (nSPS) is 26.4. The Morgan fingerprint density at radius 3 is 2.54 bits per heavy atom. The second-order valence-corrected chi connectivity index (χ2v) is 6.75. The Morgan fingerprint density at radius 2 is 1.86 bits per heavy atom. The molecule has 0 saturated carbocycles. The SMILES string of the molecule is [C-]#[N+]c1cc(F)cc(Oc2ccc3c4c2CCC(F)C4(O)C(F)(F)C3(F)F)c1. The van der Waals surface area contributed by atoms with Gasteiger partial charge in [-0.05, 0) is 37.1 Å². The number of hydrogen-bond donors (Lipinski definition) is 1. The van der Waals surface area contributed by atoms with Crippen molar-refractivity contribution in [3.63, 3.8) is 0 Å². The monoisotopic (exact) mass is 399 g/mol. The molecule has 2 aromatic carbocycles. The van der Waals surface area contributed by atoms with Gasteiger partial charge in [-0.1, -0.05) is 0 Å². The fraction of sp³-hybridized carbons (Fsp3) is 0.316. The van der Waals surface area contributed by atoms with Gasteiger partial charge in [-0.3, -0.25) is 0 Å². The minimum Gasteiger partial charge on any atom is -0.458 e. The Labute approximate surface area is 155 Å². The number of aliphatic hydroxyl groups is 1. The summed E-state index contributed by atoms with van der Waals surface area (Å²) < 4.78 is 90.7. The highest BCUT2D eigenvalue weighted by molar-refractivity contribution is 5.59. The van der Waals surface area contributed by atoms with Crippen LogP contribution in [-0.2, 0) is 17.9 Å². The van der Waals surface area contributed by atoms with Crippen LogP contribution in [0.4, 0.5) is 32.0 Å². The molecule has 146 valence electrons. The smallest absolute Gasteiger partial charge is 0.349 e. The van der Waals surface area contributed by atoms with Crippen LogP contribution in [0.2, 0.25) is 0 Å². The zero-order valence-electron chi connectivity index (χ0n) is 13.9. The molecule has 2 aliphatic rings. The molecule has 3 nitrogen and oxygen atoms in total. The molecular weight excluding hydrogens is 388 g/mol. The van der Waals surface area contributed by atoms with E-state index < -0.39 is 47.0 Å². The molecule has 4 rings (SSSR count). The summed E-state index contributed by atoms with van der Waals surface area (Å²) in [4.78, 5) is 3.06. The number of benzene rings is 2. The topological polar surface area (TPSA) is 33.8 Å². The van der Waals surface area contributed by atoms with E-state index in [0.717, 1.165) is 18.2 Å². The third kappa shape index (κ3) is 2.15. The van der Waals surface area contributed by atoms with Crippen LogP contribution >= 0.6 is 0 Å². The third-order valence-corrected chi connectivity index (χ3v) is 5.18. The predicted molar refractivity (Wildman–Crippen MR) is 85.1 cm³/mol. The molecular formula is C19H11F6NO2. The van der Waals surface area contributed by atoms with Gasteiger partial charge in [0, 0.05) is 22.8 Å². The number of halogens is 6. The molecule has 28 heavy (non-hydrogen) atoms. The minimum absolute atomic E-state index is 0.0943. The molecule has 0 fully saturated rings. The Kier molecular flexibility index (Phi) is 3.75. The number of ether oxygens (including phenoxy) is 1. The molecule has 0 bridgehead atoms. The maximum Gasteiger partial charge on any atom is 0.349 e. The van der Waals surface area contributed by atoms with Crippen LogP contribution in [0.25, 0.3) is 4.85 Å². The van der Waals surface area contributed by atoms with Crippen LogP contribution < -0.4 is 4.74 Å². The second kappa shape index (κ2) is 5.64. The summed E-state index contributed by atoms with van der Waals surface area (Å²) in [7, 11) is 0. The number of hydrogen-bond acceptors (Lipinski definition) is 2. The summed E-state index contributed by atoms with van der Waals surface area (Å²) in [6, 6.07) is 4.68. The molecule has 9 heteroatoms. The summed E-state index contributed by atoms with van der Waals surface area (Å²) in [5.41, 5.74) is -6.03. The third-order valence-electron chi connectivity index (χ3n) is 5.18. The van der Waals surface area contributed by atoms with E-state index in [1.54, 1.807) is 0 Å². The highest BCUT2D eigenvalue weighted by Crippen LogP contribution is 2.65. The summed E-state index contributed by atoms with van der Waals surface area (Å²) >= 11 is 0. The summed E-state index contributed by atoms with van der Waals surface area (Å²) in [5, 5.41) is 10.4. The van der Waals surface area contributed by atoms with Gasteiger partial charge in [0.2, 0.25) is 0 Å². The number of rotatable bonds is 2. The summed E-state index contributed by atoms with van der Waals surface area (Å²) in [6.45, 7) is 6.93. The van der Waals surface area contributed by atoms with Gasteiger partial charge in [0.1, 0.15) is 23.5 Å². The molecule has 2 aromatic rings. The van der Waals surface area contributed by atoms with Gasteiger partial charge in [-0.25, -0.2) is 13.6 Å². The highest BCUT2D eigenvalue weighted by atomic mass is 19.3. The summed E-state index contributed by atoms with van der Waals surface area (Å²) in [6.07, 6.45) is -3.45. The van der Waals surface area contributed by atoms with Crippen LogP contribution in [0, 0.1) is 12.4 Å². The quantitative estimate of drug-likeness (QED) is 0.543. The second-order valence-electron chi connectivity index (χ2n) is 6.75. The van der Waals surface area contributed by atoms with E-state index in [0.29, 0.717) is 6.07 Å². The lowest BCUT2D eigenvalue weighted by Gasteiger charge is -2.38. The lowest BCUT2D eigenvalue weighted by Crippen LogP contribution is -2.55. The first kappa shape index (κ1) is 18.6. The standard InChI is InChI=1S/C19H11F6NO2/c1-26-10-6-9(20)7-11(8-10)28-14-4-3-13-16-12(14)2-5-15(21)17(16,27)19(24,25)18(13,22)23/h3-4,6-8,15,27H,2,5H2. The lowest BCUT2D eigenvalue weighted by atomic mass is 9.77. The van der Waals surface area contributed by atoms with E-state index in [2.05, 4.69) is 4.85 Å². The lowest BCUT2D eigenvalue weighted by molar-refractivity contribution is -0.302. The molecule has 0 radical (unpaired) electrons.